The average molecular weight is 283 g/mol. The first-order chi connectivity index (χ1) is 9.49. The molecule has 1 aliphatic carbocycles. The van der Waals surface area contributed by atoms with Crippen LogP contribution in [0.1, 0.15) is 39.5 Å². The fourth-order valence-electron chi connectivity index (χ4n) is 3.35. The van der Waals surface area contributed by atoms with Crippen LogP contribution in [0.2, 0.25) is 0 Å². The molecule has 5 heteroatoms. The van der Waals surface area contributed by atoms with E-state index in [0.717, 1.165) is 6.42 Å². The van der Waals surface area contributed by atoms with E-state index in [9.17, 15) is 9.59 Å². The minimum atomic E-state index is -0.763. The van der Waals surface area contributed by atoms with E-state index in [1.807, 2.05) is 4.90 Å². The second-order valence-corrected chi connectivity index (χ2v) is 6.44. The van der Waals surface area contributed by atoms with Crippen LogP contribution >= 0.6 is 0 Å². The van der Waals surface area contributed by atoms with Crippen LogP contribution in [0.25, 0.3) is 0 Å². The molecule has 1 saturated heterocycles. The van der Waals surface area contributed by atoms with Gasteiger partial charge in [0.1, 0.15) is 0 Å². The molecule has 0 aromatic rings. The van der Waals surface area contributed by atoms with Gasteiger partial charge in [0, 0.05) is 12.5 Å². The van der Waals surface area contributed by atoms with Crippen LogP contribution in [0, 0.1) is 17.8 Å². The smallest absolute Gasteiger partial charge is 0.306 e. The first-order valence-corrected chi connectivity index (χ1v) is 7.60. The Labute approximate surface area is 120 Å². The molecule has 5 nitrogen and oxygen atoms in total. The van der Waals surface area contributed by atoms with E-state index >= 15 is 0 Å². The van der Waals surface area contributed by atoms with Crippen molar-refractivity contribution in [1.82, 2.24) is 4.90 Å². The minimum Gasteiger partial charge on any atom is -0.481 e. The van der Waals surface area contributed by atoms with Crippen molar-refractivity contribution in [3.05, 3.63) is 0 Å². The molecule has 2 aliphatic rings. The summed E-state index contributed by atoms with van der Waals surface area (Å²) in [4.78, 5) is 25.6. The molecule has 1 N–H and O–H groups in total. The number of carbonyl (C=O) groups is 2. The highest BCUT2D eigenvalue weighted by molar-refractivity contribution is 5.81. The Hall–Kier alpha value is -1.10. The standard InChI is InChI=1S/C15H25NO4/c1-10(2)7-13-9-20-6-5-16(13)14(17)11-3-4-12(8-11)15(18)19/h10-13H,3-9H2,1-2H3,(H,18,19)/t11-,12+,13?/m1/s1. The molecule has 0 aromatic heterocycles. The Morgan fingerprint density at radius 1 is 1.30 bits per heavy atom. The van der Waals surface area contributed by atoms with Crippen LogP contribution in [0.15, 0.2) is 0 Å². The molecule has 114 valence electrons. The maximum atomic E-state index is 12.6. The lowest BCUT2D eigenvalue weighted by molar-refractivity contribution is -0.145. The summed E-state index contributed by atoms with van der Waals surface area (Å²) < 4.78 is 5.50. The number of ether oxygens (including phenoxy) is 1. The zero-order valence-corrected chi connectivity index (χ0v) is 12.4. The lowest BCUT2D eigenvalue weighted by Crippen LogP contribution is -2.51. The van der Waals surface area contributed by atoms with Gasteiger partial charge < -0.3 is 14.7 Å². The monoisotopic (exact) mass is 283 g/mol. The fourth-order valence-corrected chi connectivity index (χ4v) is 3.35. The van der Waals surface area contributed by atoms with E-state index in [4.69, 9.17) is 9.84 Å². The van der Waals surface area contributed by atoms with Crippen molar-refractivity contribution in [2.75, 3.05) is 19.8 Å². The largest absolute Gasteiger partial charge is 0.481 e. The third-order valence-corrected chi connectivity index (χ3v) is 4.39. The zero-order chi connectivity index (χ0) is 14.7. The zero-order valence-electron chi connectivity index (χ0n) is 12.4. The van der Waals surface area contributed by atoms with Gasteiger partial charge in [-0.05, 0) is 31.6 Å². The van der Waals surface area contributed by atoms with Gasteiger partial charge in [-0.25, -0.2) is 0 Å². The Bertz CT molecular complexity index is 369. The van der Waals surface area contributed by atoms with Gasteiger partial charge in [-0.2, -0.15) is 0 Å². The summed E-state index contributed by atoms with van der Waals surface area (Å²) in [5.74, 6) is -0.548. The van der Waals surface area contributed by atoms with Gasteiger partial charge in [0.2, 0.25) is 5.91 Å². The van der Waals surface area contributed by atoms with Crippen LogP contribution in [0.5, 0.6) is 0 Å². The molecule has 0 radical (unpaired) electrons. The maximum Gasteiger partial charge on any atom is 0.306 e. The maximum absolute atomic E-state index is 12.6. The highest BCUT2D eigenvalue weighted by Gasteiger charge is 2.38. The molecule has 20 heavy (non-hydrogen) atoms. The molecule has 2 rings (SSSR count). The van der Waals surface area contributed by atoms with E-state index in [1.54, 1.807) is 0 Å². The molecular formula is C15H25NO4. The summed E-state index contributed by atoms with van der Waals surface area (Å²) in [6.45, 7) is 6.14. The fraction of sp³-hybridized carbons (Fsp3) is 0.867. The quantitative estimate of drug-likeness (QED) is 0.853. The van der Waals surface area contributed by atoms with Gasteiger partial charge in [-0.15, -0.1) is 0 Å². The van der Waals surface area contributed by atoms with Gasteiger partial charge in [0.15, 0.2) is 0 Å². The van der Waals surface area contributed by atoms with E-state index in [2.05, 4.69) is 13.8 Å². The lowest BCUT2D eigenvalue weighted by atomic mass is 9.98. The van der Waals surface area contributed by atoms with Crippen molar-refractivity contribution in [2.45, 2.75) is 45.6 Å². The van der Waals surface area contributed by atoms with Gasteiger partial charge in [-0.1, -0.05) is 13.8 Å². The summed E-state index contributed by atoms with van der Waals surface area (Å²) in [7, 11) is 0. The molecule has 2 fully saturated rings. The summed E-state index contributed by atoms with van der Waals surface area (Å²) in [5.41, 5.74) is 0. The number of aliphatic carboxylic acids is 1. The average Bonchev–Trinajstić information content (AvgIpc) is 2.87. The van der Waals surface area contributed by atoms with Crippen LogP contribution in [-0.4, -0.2) is 47.7 Å². The van der Waals surface area contributed by atoms with Crippen molar-refractivity contribution < 1.29 is 19.4 Å². The number of nitrogens with zero attached hydrogens (tertiary/aromatic N) is 1. The SMILES string of the molecule is CC(C)CC1COCCN1C(=O)[C@@H]1CC[C@H](C(=O)O)C1. The summed E-state index contributed by atoms with van der Waals surface area (Å²) >= 11 is 0. The summed E-state index contributed by atoms with van der Waals surface area (Å²) in [6, 6.07) is 0.153. The van der Waals surface area contributed by atoms with Crippen molar-refractivity contribution >= 4 is 11.9 Å². The number of amides is 1. The summed E-state index contributed by atoms with van der Waals surface area (Å²) in [6.07, 6.45) is 2.78. The molecule has 1 aliphatic heterocycles. The van der Waals surface area contributed by atoms with Crippen molar-refractivity contribution in [2.24, 2.45) is 17.8 Å². The van der Waals surface area contributed by atoms with Gasteiger partial charge in [-0.3, -0.25) is 9.59 Å². The number of carboxylic acid groups (broad SMARTS) is 1. The molecule has 0 spiro atoms. The van der Waals surface area contributed by atoms with E-state index in [1.165, 1.54) is 0 Å². The Morgan fingerprint density at radius 3 is 2.60 bits per heavy atom. The van der Waals surface area contributed by atoms with E-state index in [-0.39, 0.29) is 23.8 Å². The Morgan fingerprint density at radius 2 is 2.00 bits per heavy atom. The number of rotatable bonds is 4. The second kappa shape index (κ2) is 6.57. The van der Waals surface area contributed by atoms with Gasteiger partial charge >= 0.3 is 5.97 Å². The molecule has 1 amide bonds. The van der Waals surface area contributed by atoms with Crippen LogP contribution in [0.3, 0.4) is 0 Å². The first kappa shape index (κ1) is 15.3. The molecule has 0 aromatic carbocycles. The van der Waals surface area contributed by atoms with Gasteiger partial charge in [0.25, 0.3) is 0 Å². The van der Waals surface area contributed by atoms with Crippen molar-refractivity contribution in [3.63, 3.8) is 0 Å². The number of hydrogen-bond donors (Lipinski definition) is 1. The highest BCUT2D eigenvalue weighted by Crippen LogP contribution is 2.33. The number of carbonyl (C=O) groups excluding carboxylic acids is 1. The van der Waals surface area contributed by atoms with Crippen LogP contribution in [0.4, 0.5) is 0 Å². The third kappa shape index (κ3) is 3.51. The normalized spacial score (nSPS) is 30.8. The first-order valence-electron chi connectivity index (χ1n) is 7.60. The second-order valence-electron chi connectivity index (χ2n) is 6.44. The van der Waals surface area contributed by atoms with E-state index in [0.29, 0.717) is 44.9 Å². The number of hydrogen-bond acceptors (Lipinski definition) is 3. The Kier molecular flexibility index (Phi) is 5.02. The molecule has 1 unspecified atom stereocenters. The van der Waals surface area contributed by atoms with Crippen molar-refractivity contribution in [3.8, 4) is 0 Å². The number of morpholine rings is 1. The van der Waals surface area contributed by atoms with Crippen molar-refractivity contribution in [1.29, 1.82) is 0 Å². The van der Waals surface area contributed by atoms with Crippen LogP contribution in [-0.2, 0) is 14.3 Å². The number of carboxylic acids is 1. The lowest BCUT2D eigenvalue weighted by Gasteiger charge is -2.38. The topological polar surface area (TPSA) is 66.8 Å². The molecule has 1 saturated carbocycles. The highest BCUT2D eigenvalue weighted by atomic mass is 16.5. The minimum absolute atomic E-state index is 0.108. The van der Waals surface area contributed by atoms with E-state index < -0.39 is 5.97 Å². The molecule has 1 heterocycles. The predicted octanol–water partition coefficient (Wildman–Crippen LogP) is 1.76. The third-order valence-electron chi connectivity index (χ3n) is 4.39. The molecule has 0 bridgehead atoms. The summed E-state index contributed by atoms with van der Waals surface area (Å²) in [5, 5.41) is 9.05. The Balaban J connectivity index is 1.97. The van der Waals surface area contributed by atoms with Crippen LogP contribution < -0.4 is 0 Å². The van der Waals surface area contributed by atoms with Gasteiger partial charge in [0.05, 0.1) is 25.2 Å². The predicted molar refractivity (Wildman–Crippen MR) is 74.2 cm³/mol. The molecular weight excluding hydrogens is 258 g/mol. The molecule has 3 atom stereocenters.